The van der Waals surface area contributed by atoms with Gasteiger partial charge in [-0.05, 0) is 23.8 Å². The fourth-order valence-electron chi connectivity index (χ4n) is 3.49. The van der Waals surface area contributed by atoms with Crippen molar-refractivity contribution in [3.63, 3.8) is 0 Å². The third kappa shape index (κ3) is 3.55. The molecule has 0 spiro atoms. The van der Waals surface area contributed by atoms with Crippen LogP contribution in [0, 0.1) is 0 Å². The molecule has 2 aromatic carbocycles. The van der Waals surface area contributed by atoms with Crippen molar-refractivity contribution in [2.45, 2.75) is 12.5 Å². The van der Waals surface area contributed by atoms with Gasteiger partial charge in [0.1, 0.15) is 11.9 Å². The summed E-state index contributed by atoms with van der Waals surface area (Å²) in [5, 5.41) is 3.03. The molecule has 0 saturated carbocycles. The number of carbonyl (C=O) groups is 1. The number of nitrogens with one attached hydrogen (secondary N) is 1. The van der Waals surface area contributed by atoms with Crippen molar-refractivity contribution in [2.24, 2.45) is 0 Å². The van der Waals surface area contributed by atoms with Crippen LogP contribution in [0.4, 0.5) is 10.5 Å². The molecule has 4 rings (SSSR count). The van der Waals surface area contributed by atoms with E-state index in [0.29, 0.717) is 6.54 Å². The molecule has 0 radical (unpaired) electrons. The summed E-state index contributed by atoms with van der Waals surface area (Å²) in [7, 11) is 0. The number of benzene rings is 2. The lowest BCUT2D eigenvalue weighted by Gasteiger charge is -2.36. The summed E-state index contributed by atoms with van der Waals surface area (Å²) in [5.41, 5.74) is 2.44. The Bertz CT molecular complexity index is 702. The van der Waals surface area contributed by atoms with Crippen LogP contribution in [0.5, 0.6) is 5.75 Å². The Morgan fingerprint density at radius 2 is 1.72 bits per heavy atom. The molecule has 130 valence electrons. The van der Waals surface area contributed by atoms with Gasteiger partial charge in [0.2, 0.25) is 0 Å². The smallest absolute Gasteiger partial charge is 0.317 e. The van der Waals surface area contributed by atoms with E-state index in [-0.39, 0.29) is 12.1 Å². The molecule has 1 N–H and O–H groups in total. The molecule has 2 amide bonds. The molecular weight excluding hydrogens is 314 g/mol. The predicted octanol–water partition coefficient (Wildman–Crippen LogP) is 2.52. The lowest BCUT2D eigenvalue weighted by Crippen LogP contribution is -2.52. The van der Waals surface area contributed by atoms with Gasteiger partial charge in [0, 0.05) is 38.3 Å². The zero-order valence-corrected chi connectivity index (χ0v) is 14.2. The lowest BCUT2D eigenvalue weighted by atomic mass is 10.1. The Kier molecular flexibility index (Phi) is 4.46. The van der Waals surface area contributed by atoms with E-state index in [1.54, 1.807) is 0 Å². The highest BCUT2D eigenvalue weighted by molar-refractivity contribution is 5.74. The summed E-state index contributed by atoms with van der Waals surface area (Å²) >= 11 is 0. The van der Waals surface area contributed by atoms with Gasteiger partial charge in [0.15, 0.2) is 0 Å². The summed E-state index contributed by atoms with van der Waals surface area (Å²) in [6.07, 6.45) is 0.894. The molecule has 0 unspecified atom stereocenters. The predicted molar refractivity (Wildman–Crippen MR) is 98.2 cm³/mol. The molecule has 1 atom stereocenters. The van der Waals surface area contributed by atoms with Crippen LogP contribution < -0.4 is 15.0 Å². The minimum atomic E-state index is 0.00673. The number of para-hydroxylation sites is 2. The largest absolute Gasteiger partial charge is 0.488 e. The van der Waals surface area contributed by atoms with Crippen molar-refractivity contribution < 1.29 is 9.53 Å². The van der Waals surface area contributed by atoms with Gasteiger partial charge in [-0.15, -0.1) is 0 Å². The van der Waals surface area contributed by atoms with Crippen LogP contribution in [0.2, 0.25) is 0 Å². The number of carbonyl (C=O) groups excluding carboxylic acids is 1. The van der Waals surface area contributed by atoms with Crippen molar-refractivity contribution in [3.05, 3.63) is 60.2 Å². The fourth-order valence-corrected chi connectivity index (χ4v) is 3.49. The quantitative estimate of drug-likeness (QED) is 0.936. The van der Waals surface area contributed by atoms with E-state index >= 15 is 0 Å². The van der Waals surface area contributed by atoms with Crippen molar-refractivity contribution in [3.8, 4) is 5.75 Å². The molecule has 1 fully saturated rings. The number of nitrogens with zero attached hydrogens (tertiary/aromatic N) is 2. The summed E-state index contributed by atoms with van der Waals surface area (Å²) in [4.78, 5) is 16.6. The zero-order valence-electron chi connectivity index (χ0n) is 14.2. The molecule has 25 heavy (non-hydrogen) atoms. The molecule has 0 aromatic heterocycles. The summed E-state index contributed by atoms with van der Waals surface area (Å²) < 4.78 is 5.88. The number of amides is 2. The van der Waals surface area contributed by atoms with Crippen LogP contribution in [-0.4, -0.2) is 49.8 Å². The van der Waals surface area contributed by atoms with Crippen LogP contribution in [0.15, 0.2) is 54.6 Å². The van der Waals surface area contributed by atoms with Gasteiger partial charge in [0.25, 0.3) is 0 Å². The van der Waals surface area contributed by atoms with Gasteiger partial charge in [-0.25, -0.2) is 4.79 Å². The third-order valence-electron chi connectivity index (χ3n) is 4.88. The van der Waals surface area contributed by atoms with E-state index in [1.165, 1.54) is 11.3 Å². The van der Waals surface area contributed by atoms with Crippen molar-refractivity contribution in [1.29, 1.82) is 0 Å². The highest BCUT2D eigenvalue weighted by Crippen LogP contribution is 2.27. The van der Waals surface area contributed by atoms with E-state index in [9.17, 15) is 4.79 Å². The van der Waals surface area contributed by atoms with Crippen LogP contribution in [0.3, 0.4) is 0 Å². The molecule has 2 heterocycles. The van der Waals surface area contributed by atoms with E-state index in [1.807, 2.05) is 41.3 Å². The summed E-state index contributed by atoms with van der Waals surface area (Å²) in [6.45, 7) is 3.76. The average Bonchev–Trinajstić information content (AvgIpc) is 3.10. The number of hydrogen-bond donors (Lipinski definition) is 1. The number of rotatable bonds is 3. The molecule has 5 heteroatoms. The Morgan fingerprint density at radius 1 is 1.00 bits per heavy atom. The standard InChI is InChI=1S/C20H23N3O2/c24-20(21-15-18-14-16-6-4-5-9-19(16)25-18)23-12-10-22(11-13-23)17-7-2-1-3-8-17/h1-9,18H,10-15H2,(H,21,24)/t18-/m0/s1. The van der Waals surface area contributed by atoms with Crippen LogP contribution in [0.1, 0.15) is 5.56 Å². The Hall–Kier alpha value is -2.69. The number of piperazine rings is 1. The van der Waals surface area contributed by atoms with Gasteiger partial charge >= 0.3 is 6.03 Å². The number of fused-ring (bicyclic) bond motifs is 1. The second-order valence-electron chi connectivity index (χ2n) is 6.55. The summed E-state index contributed by atoms with van der Waals surface area (Å²) in [5.74, 6) is 0.943. The lowest BCUT2D eigenvalue weighted by molar-refractivity contribution is 0.182. The second kappa shape index (κ2) is 7.05. The topological polar surface area (TPSA) is 44.8 Å². The van der Waals surface area contributed by atoms with E-state index in [2.05, 4.69) is 28.4 Å². The summed E-state index contributed by atoms with van der Waals surface area (Å²) in [6, 6.07) is 18.4. The minimum Gasteiger partial charge on any atom is -0.488 e. The van der Waals surface area contributed by atoms with Crippen LogP contribution in [-0.2, 0) is 6.42 Å². The van der Waals surface area contributed by atoms with Crippen molar-refractivity contribution in [1.82, 2.24) is 10.2 Å². The fraction of sp³-hybridized carbons (Fsp3) is 0.350. The van der Waals surface area contributed by atoms with E-state index in [4.69, 9.17) is 4.74 Å². The van der Waals surface area contributed by atoms with Gasteiger partial charge in [-0.1, -0.05) is 36.4 Å². The monoisotopic (exact) mass is 337 g/mol. The van der Waals surface area contributed by atoms with Crippen molar-refractivity contribution in [2.75, 3.05) is 37.6 Å². The van der Waals surface area contributed by atoms with Crippen LogP contribution in [0.25, 0.3) is 0 Å². The maximum Gasteiger partial charge on any atom is 0.317 e. The maximum atomic E-state index is 12.4. The van der Waals surface area contributed by atoms with E-state index in [0.717, 1.165) is 38.3 Å². The SMILES string of the molecule is O=C(NC[C@@H]1Cc2ccccc2O1)N1CCN(c2ccccc2)CC1. The van der Waals surface area contributed by atoms with E-state index < -0.39 is 0 Å². The highest BCUT2D eigenvalue weighted by atomic mass is 16.5. The van der Waals surface area contributed by atoms with Gasteiger partial charge in [-0.3, -0.25) is 0 Å². The van der Waals surface area contributed by atoms with Crippen LogP contribution >= 0.6 is 0 Å². The van der Waals surface area contributed by atoms with Gasteiger partial charge in [0.05, 0.1) is 6.54 Å². The molecule has 1 saturated heterocycles. The molecular formula is C20H23N3O2. The highest BCUT2D eigenvalue weighted by Gasteiger charge is 2.25. The molecule has 2 aromatic rings. The Labute approximate surface area is 148 Å². The number of urea groups is 1. The minimum absolute atomic E-state index is 0.00673. The Balaban J connectivity index is 1.24. The third-order valence-corrected chi connectivity index (χ3v) is 4.88. The first-order valence-electron chi connectivity index (χ1n) is 8.87. The Morgan fingerprint density at radius 3 is 2.48 bits per heavy atom. The number of anilines is 1. The van der Waals surface area contributed by atoms with Gasteiger partial charge < -0.3 is 19.9 Å². The van der Waals surface area contributed by atoms with Gasteiger partial charge in [-0.2, -0.15) is 0 Å². The molecule has 0 bridgehead atoms. The first-order valence-corrected chi connectivity index (χ1v) is 8.87. The molecule has 2 aliphatic heterocycles. The van der Waals surface area contributed by atoms with Crippen molar-refractivity contribution >= 4 is 11.7 Å². The zero-order chi connectivity index (χ0) is 17.1. The first kappa shape index (κ1) is 15.8. The number of ether oxygens (including phenoxy) is 1. The molecule has 2 aliphatic rings. The molecule has 5 nitrogen and oxygen atoms in total. The average molecular weight is 337 g/mol. The first-order chi connectivity index (χ1) is 12.3. The number of hydrogen-bond acceptors (Lipinski definition) is 3. The second-order valence-corrected chi connectivity index (χ2v) is 6.55. The molecule has 0 aliphatic carbocycles. The normalized spacial score (nSPS) is 19.3. The maximum absolute atomic E-state index is 12.4.